The van der Waals surface area contributed by atoms with E-state index < -0.39 is 0 Å². The lowest BCUT2D eigenvalue weighted by Crippen LogP contribution is -2.45. The van der Waals surface area contributed by atoms with Crippen molar-refractivity contribution in [3.8, 4) is 17.1 Å². The van der Waals surface area contributed by atoms with Gasteiger partial charge in [-0.05, 0) is 55.3 Å². The number of rotatable bonds is 2. The third kappa shape index (κ3) is 3.39. The van der Waals surface area contributed by atoms with Crippen molar-refractivity contribution in [2.24, 2.45) is 23.2 Å². The van der Waals surface area contributed by atoms with E-state index in [1.807, 2.05) is 12.3 Å². The first-order valence-electron chi connectivity index (χ1n) is 11.0. The van der Waals surface area contributed by atoms with Crippen molar-refractivity contribution < 1.29 is 4.74 Å². The molecule has 1 saturated carbocycles. The summed E-state index contributed by atoms with van der Waals surface area (Å²) < 4.78 is 6.58. The number of hydrogen-bond acceptors (Lipinski definition) is 6. The zero-order chi connectivity index (χ0) is 20.9. The molecule has 1 fully saturated rings. The van der Waals surface area contributed by atoms with Crippen LogP contribution in [0, 0.1) is 23.2 Å². The number of anilines is 1. The summed E-state index contributed by atoms with van der Waals surface area (Å²) in [5, 5.41) is 13.1. The van der Waals surface area contributed by atoms with Gasteiger partial charge in [0.15, 0.2) is 11.9 Å². The van der Waals surface area contributed by atoms with Crippen LogP contribution < -0.4 is 10.1 Å². The number of hydrogen-bond donors (Lipinski definition) is 1. The van der Waals surface area contributed by atoms with Gasteiger partial charge < -0.3 is 10.1 Å². The second-order valence-electron chi connectivity index (χ2n) is 9.62. The van der Waals surface area contributed by atoms with E-state index in [4.69, 9.17) is 4.74 Å². The van der Waals surface area contributed by atoms with Crippen molar-refractivity contribution in [1.82, 2.24) is 15.2 Å². The summed E-state index contributed by atoms with van der Waals surface area (Å²) in [6.07, 6.45) is 9.13. The first kappa shape index (κ1) is 19.9. The Morgan fingerprint density at radius 2 is 2.03 bits per heavy atom. The van der Waals surface area contributed by atoms with E-state index in [9.17, 15) is 0 Å². The molecule has 2 aromatic rings. The van der Waals surface area contributed by atoms with Crippen LogP contribution in [-0.2, 0) is 0 Å². The van der Waals surface area contributed by atoms with Gasteiger partial charge >= 0.3 is 0 Å². The van der Waals surface area contributed by atoms with Crippen LogP contribution in [0.15, 0.2) is 41.1 Å². The van der Waals surface area contributed by atoms with Crippen molar-refractivity contribution in [2.75, 3.05) is 11.6 Å². The Morgan fingerprint density at radius 1 is 1.20 bits per heavy atom. The number of thioether (sulfide) groups is 1. The SMILES string of the molecule is CSc1nnc2c(n1)O[C@H]([C@@H]1C[C@@H]3C(=CCCC3(C)C)C[C@@H]1C)Nc1ccccc1-2. The zero-order valence-electron chi connectivity index (χ0n) is 18.2. The molecule has 2 heterocycles. The highest BCUT2D eigenvalue weighted by Gasteiger charge is 2.44. The lowest BCUT2D eigenvalue weighted by molar-refractivity contribution is 0.0519. The molecular formula is C24H30N4OS. The molecule has 2 aliphatic carbocycles. The molecule has 5 rings (SSSR count). The van der Waals surface area contributed by atoms with Gasteiger partial charge in [-0.3, -0.25) is 0 Å². The van der Waals surface area contributed by atoms with Crippen LogP contribution in [0.2, 0.25) is 0 Å². The molecule has 1 aromatic carbocycles. The first-order chi connectivity index (χ1) is 14.5. The third-order valence-corrected chi connectivity index (χ3v) is 7.85. The molecular weight excluding hydrogens is 392 g/mol. The van der Waals surface area contributed by atoms with E-state index in [2.05, 4.69) is 65.5 Å². The summed E-state index contributed by atoms with van der Waals surface area (Å²) in [4.78, 5) is 4.69. The fraction of sp³-hybridized carbons (Fsp3) is 0.542. The van der Waals surface area contributed by atoms with Crippen LogP contribution in [-0.4, -0.2) is 27.7 Å². The summed E-state index contributed by atoms with van der Waals surface area (Å²) in [6, 6.07) is 8.26. The van der Waals surface area contributed by atoms with Crippen LogP contribution in [0.5, 0.6) is 5.88 Å². The third-order valence-electron chi connectivity index (χ3n) is 7.31. The Hall–Kier alpha value is -2.08. The van der Waals surface area contributed by atoms with Crippen LogP contribution in [0.4, 0.5) is 5.69 Å². The number of benzene rings is 1. The molecule has 0 spiro atoms. The molecule has 0 radical (unpaired) electrons. The van der Waals surface area contributed by atoms with Crippen LogP contribution in [0.25, 0.3) is 11.3 Å². The predicted molar refractivity (Wildman–Crippen MR) is 122 cm³/mol. The van der Waals surface area contributed by atoms with Gasteiger partial charge in [0, 0.05) is 17.2 Å². The Labute approximate surface area is 183 Å². The molecule has 158 valence electrons. The standard InChI is InChI=1S/C24H30N4OS/c1-14-12-15-8-7-11-24(2,3)18(15)13-17(14)21-25-19-10-6-5-9-16(19)20-22(29-21)26-23(30-4)28-27-20/h5-6,8-10,14,17-18,21,25H,7,11-13H2,1-4H3/t14-,17+,18+,21+/m0/s1. The summed E-state index contributed by atoms with van der Waals surface area (Å²) in [7, 11) is 0. The fourth-order valence-corrected chi connectivity index (χ4v) is 5.84. The van der Waals surface area contributed by atoms with Crippen molar-refractivity contribution in [1.29, 1.82) is 0 Å². The van der Waals surface area contributed by atoms with Crippen LogP contribution >= 0.6 is 11.8 Å². The van der Waals surface area contributed by atoms with E-state index in [-0.39, 0.29) is 6.23 Å². The van der Waals surface area contributed by atoms with Crippen molar-refractivity contribution in [3.63, 3.8) is 0 Å². The molecule has 30 heavy (non-hydrogen) atoms. The molecule has 3 aliphatic rings. The Kier molecular flexibility index (Phi) is 5.00. The largest absolute Gasteiger partial charge is 0.452 e. The van der Waals surface area contributed by atoms with Gasteiger partial charge in [-0.2, -0.15) is 4.98 Å². The van der Waals surface area contributed by atoms with Crippen LogP contribution in [0.1, 0.15) is 46.5 Å². The van der Waals surface area contributed by atoms with Gasteiger partial charge in [0.25, 0.3) is 0 Å². The van der Waals surface area contributed by atoms with Gasteiger partial charge in [-0.15, -0.1) is 10.2 Å². The van der Waals surface area contributed by atoms with Gasteiger partial charge in [0.1, 0.15) is 0 Å². The average molecular weight is 423 g/mol. The first-order valence-corrected chi connectivity index (χ1v) is 12.2. The van der Waals surface area contributed by atoms with E-state index in [1.54, 1.807) is 5.57 Å². The smallest absolute Gasteiger partial charge is 0.247 e. The quantitative estimate of drug-likeness (QED) is 0.487. The molecule has 5 nitrogen and oxygen atoms in total. The number of nitrogens with zero attached hydrogens (tertiary/aromatic N) is 3. The minimum Gasteiger partial charge on any atom is -0.452 e. The summed E-state index contributed by atoms with van der Waals surface area (Å²) in [5.74, 6) is 2.16. The number of allylic oxidation sites excluding steroid dienone is 2. The van der Waals surface area contributed by atoms with E-state index in [0.717, 1.165) is 29.8 Å². The minimum atomic E-state index is -0.131. The number of fused-ring (bicyclic) bond motifs is 4. The lowest BCUT2D eigenvalue weighted by atomic mass is 9.59. The molecule has 1 aromatic heterocycles. The molecule has 0 saturated heterocycles. The average Bonchev–Trinajstić information content (AvgIpc) is 2.89. The summed E-state index contributed by atoms with van der Waals surface area (Å²) in [5.41, 5.74) is 4.78. The summed E-state index contributed by atoms with van der Waals surface area (Å²) in [6.45, 7) is 7.24. The highest BCUT2D eigenvalue weighted by molar-refractivity contribution is 7.98. The maximum absolute atomic E-state index is 6.58. The predicted octanol–water partition coefficient (Wildman–Crippen LogP) is 5.80. The zero-order valence-corrected chi connectivity index (χ0v) is 19.0. The number of nitrogens with one attached hydrogen (secondary N) is 1. The molecule has 1 aliphatic heterocycles. The second-order valence-corrected chi connectivity index (χ2v) is 10.4. The number of aromatic nitrogens is 3. The van der Waals surface area contributed by atoms with Gasteiger partial charge in [-0.25, -0.2) is 0 Å². The highest BCUT2D eigenvalue weighted by atomic mass is 32.2. The minimum absolute atomic E-state index is 0.131. The Bertz CT molecular complexity index is 989. The topological polar surface area (TPSA) is 59.9 Å². The maximum atomic E-state index is 6.58. The highest BCUT2D eigenvalue weighted by Crippen LogP contribution is 2.52. The Morgan fingerprint density at radius 3 is 2.87 bits per heavy atom. The van der Waals surface area contributed by atoms with E-state index in [1.165, 1.54) is 24.6 Å². The molecule has 1 N–H and O–H groups in total. The van der Waals surface area contributed by atoms with Gasteiger partial charge in [0.2, 0.25) is 11.0 Å². The van der Waals surface area contributed by atoms with Crippen molar-refractivity contribution >= 4 is 17.4 Å². The normalized spacial score (nSPS) is 29.3. The monoisotopic (exact) mass is 422 g/mol. The van der Waals surface area contributed by atoms with Crippen LogP contribution in [0.3, 0.4) is 0 Å². The van der Waals surface area contributed by atoms with Gasteiger partial charge in [0.05, 0.1) is 0 Å². The summed E-state index contributed by atoms with van der Waals surface area (Å²) >= 11 is 1.49. The van der Waals surface area contributed by atoms with Crippen molar-refractivity contribution in [2.45, 2.75) is 57.8 Å². The Balaban J connectivity index is 1.53. The lowest BCUT2D eigenvalue weighted by Gasteiger charge is -2.48. The fourth-order valence-electron chi connectivity index (χ4n) is 5.54. The van der Waals surface area contributed by atoms with E-state index >= 15 is 0 Å². The van der Waals surface area contributed by atoms with Crippen molar-refractivity contribution in [3.05, 3.63) is 35.9 Å². The second kappa shape index (κ2) is 7.56. The maximum Gasteiger partial charge on any atom is 0.247 e. The molecule has 0 amide bonds. The van der Waals surface area contributed by atoms with E-state index in [0.29, 0.717) is 34.2 Å². The number of para-hydroxylation sites is 1. The molecule has 0 unspecified atom stereocenters. The molecule has 0 bridgehead atoms. The number of ether oxygens (including phenoxy) is 1. The molecule has 4 atom stereocenters. The van der Waals surface area contributed by atoms with Gasteiger partial charge in [-0.1, -0.05) is 62.4 Å². The molecule has 6 heteroatoms.